The van der Waals surface area contributed by atoms with Gasteiger partial charge in [0.05, 0.1) is 6.54 Å². The van der Waals surface area contributed by atoms with Gasteiger partial charge in [-0.2, -0.15) is 0 Å². The number of nitrogens with one attached hydrogen (secondary N) is 2. The topological polar surface area (TPSA) is 61.4 Å². The average molecular weight is 245 g/mol. The van der Waals surface area contributed by atoms with Crippen LogP contribution in [-0.4, -0.2) is 29.4 Å². The first-order chi connectivity index (χ1) is 8.72. The predicted molar refractivity (Wildman–Crippen MR) is 67.0 cm³/mol. The maximum atomic E-state index is 12.0. The zero-order valence-corrected chi connectivity index (χ0v) is 9.98. The van der Waals surface area contributed by atoms with Crippen LogP contribution in [0.1, 0.15) is 18.4 Å². The van der Waals surface area contributed by atoms with Crippen molar-refractivity contribution >= 4 is 17.6 Å². The van der Waals surface area contributed by atoms with Crippen molar-refractivity contribution < 1.29 is 9.59 Å². The molecule has 2 aliphatic rings. The Hall–Kier alpha value is -2.04. The highest BCUT2D eigenvalue weighted by atomic mass is 16.2. The summed E-state index contributed by atoms with van der Waals surface area (Å²) in [6, 6.07) is 7.73. The Morgan fingerprint density at radius 2 is 2.06 bits per heavy atom. The van der Waals surface area contributed by atoms with E-state index < -0.39 is 0 Å². The summed E-state index contributed by atoms with van der Waals surface area (Å²) >= 11 is 0. The van der Waals surface area contributed by atoms with E-state index in [1.165, 1.54) is 0 Å². The first-order valence-electron chi connectivity index (χ1n) is 6.15. The number of benzene rings is 1. The number of nitrogens with zero attached hydrogens (tertiary/aromatic N) is 1. The van der Waals surface area contributed by atoms with Gasteiger partial charge in [-0.15, -0.1) is 0 Å². The van der Waals surface area contributed by atoms with Crippen LogP contribution in [0.3, 0.4) is 0 Å². The number of para-hydroxylation sites is 1. The van der Waals surface area contributed by atoms with Crippen molar-refractivity contribution in [3.05, 3.63) is 29.8 Å². The lowest BCUT2D eigenvalue weighted by atomic mass is 10.2. The Morgan fingerprint density at radius 1 is 1.28 bits per heavy atom. The molecule has 0 spiro atoms. The fourth-order valence-electron chi connectivity index (χ4n) is 2.04. The van der Waals surface area contributed by atoms with Crippen LogP contribution in [0.2, 0.25) is 0 Å². The molecule has 0 bridgehead atoms. The molecule has 1 aromatic rings. The van der Waals surface area contributed by atoms with Crippen LogP contribution in [0.5, 0.6) is 0 Å². The zero-order chi connectivity index (χ0) is 12.5. The minimum atomic E-state index is -0.149. The molecular weight excluding hydrogens is 230 g/mol. The monoisotopic (exact) mass is 245 g/mol. The van der Waals surface area contributed by atoms with Crippen LogP contribution in [-0.2, 0) is 11.3 Å². The van der Waals surface area contributed by atoms with Gasteiger partial charge in [0, 0.05) is 11.7 Å². The molecule has 0 aromatic heterocycles. The summed E-state index contributed by atoms with van der Waals surface area (Å²) in [7, 11) is 0. The summed E-state index contributed by atoms with van der Waals surface area (Å²) in [5.74, 6) is -0.147. The second-order valence-corrected chi connectivity index (χ2v) is 4.79. The van der Waals surface area contributed by atoms with Gasteiger partial charge >= 0.3 is 6.03 Å². The van der Waals surface area contributed by atoms with Crippen LogP contribution >= 0.6 is 0 Å². The molecule has 0 unspecified atom stereocenters. The minimum Gasteiger partial charge on any atom is -0.335 e. The first kappa shape index (κ1) is 11.1. The molecule has 1 heterocycles. The fraction of sp³-hybridized carbons (Fsp3) is 0.385. The van der Waals surface area contributed by atoms with E-state index in [4.69, 9.17) is 0 Å². The smallest absolute Gasteiger partial charge is 0.318 e. The van der Waals surface area contributed by atoms with E-state index in [1.807, 2.05) is 24.3 Å². The van der Waals surface area contributed by atoms with Gasteiger partial charge in [-0.25, -0.2) is 4.79 Å². The summed E-state index contributed by atoms with van der Waals surface area (Å²) in [6.07, 6.45) is 2.09. The highest BCUT2D eigenvalue weighted by Gasteiger charge is 2.28. The molecule has 1 saturated carbocycles. The molecule has 1 aliphatic heterocycles. The normalized spacial score (nSPS) is 18.7. The molecule has 3 amide bonds. The number of fused-ring (bicyclic) bond motifs is 1. The summed E-state index contributed by atoms with van der Waals surface area (Å²) < 4.78 is 0. The third kappa shape index (κ3) is 2.30. The largest absolute Gasteiger partial charge is 0.335 e. The lowest BCUT2D eigenvalue weighted by Gasteiger charge is -2.19. The standard InChI is InChI=1S/C13H15N3O2/c17-12-8-16(13(18)14-10-5-6-10)7-9-3-1-2-4-11(9)15-12/h1-4,10H,5-8H2,(H,14,18)(H,15,17). The number of rotatable bonds is 1. The number of hydrogen-bond donors (Lipinski definition) is 2. The quantitative estimate of drug-likeness (QED) is 0.783. The molecule has 0 radical (unpaired) electrons. The van der Waals surface area contributed by atoms with Gasteiger partial charge in [0.25, 0.3) is 0 Å². The van der Waals surface area contributed by atoms with E-state index in [0.717, 1.165) is 24.1 Å². The summed E-state index contributed by atoms with van der Waals surface area (Å²) in [5, 5.41) is 5.73. The van der Waals surface area contributed by atoms with Crippen LogP contribution in [0.4, 0.5) is 10.5 Å². The van der Waals surface area contributed by atoms with Gasteiger partial charge < -0.3 is 15.5 Å². The van der Waals surface area contributed by atoms with Crippen molar-refractivity contribution in [2.45, 2.75) is 25.4 Å². The minimum absolute atomic E-state index is 0.104. The lowest BCUT2D eigenvalue weighted by molar-refractivity contribution is -0.116. The third-order valence-electron chi connectivity index (χ3n) is 3.18. The van der Waals surface area contributed by atoms with Crippen molar-refractivity contribution in [3.63, 3.8) is 0 Å². The van der Waals surface area contributed by atoms with Crippen molar-refractivity contribution in [2.24, 2.45) is 0 Å². The fourth-order valence-corrected chi connectivity index (χ4v) is 2.04. The maximum Gasteiger partial charge on any atom is 0.318 e. The predicted octanol–water partition coefficient (Wildman–Crippen LogP) is 1.31. The molecule has 1 fully saturated rings. The van der Waals surface area contributed by atoms with Gasteiger partial charge in [-0.05, 0) is 24.5 Å². The van der Waals surface area contributed by atoms with Crippen LogP contribution in [0.15, 0.2) is 24.3 Å². The van der Waals surface area contributed by atoms with Crippen LogP contribution in [0.25, 0.3) is 0 Å². The number of carbonyl (C=O) groups is 2. The number of carbonyl (C=O) groups excluding carboxylic acids is 2. The SMILES string of the molecule is O=C1CN(C(=O)NC2CC2)Cc2ccccc2N1. The molecule has 5 heteroatoms. The molecular formula is C13H15N3O2. The van der Waals surface area contributed by atoms with Gasteiger partial charge in [0.2, 0.25) is 5.91 Å². The Balaban J connectivity index is 1.79. The molecule has 2 N–H and O–H groups in total. The number of hydrogen-bond acceptors (Lipinski definition) is 2. The van der Waals surface area contributed by atoms with Gasteiger partial charge in [0.15, 0.2) is 0 Å². The van der Waals surface area contributed by atoms with Gasteiger partial charge in [-0.3, -0.25) is 4.79 Å². The van der Waals surface area contributed by atoms with Crippen molar-refractivity contribution in [3.8, 4) is 0 Å². The lowest BCUT2D eigenvalue weighted by Crippen LogP contribution is -2.43. The second kappa shape index (κ2) is 4.33. The van der Waals surface area contributed by atoms with E-state index in [2.05, 4.69) is 10.6 Å². The Labute approximate surface area is 105 Å². The van der Waals surface area contributed by atoms with E-state index in [-0.39, 0.29) is 18.5 Å². The second-order valence-electron chi connectivity index (χ2n) is 4.79. The molecule has 94 valence electrons. The zero-order valence-electron chi connectivity index (χ0n) is 9.98. The highest BCUT2D eigenvalue weighted by Crippen LogP contribution is 2.22. The maximum absolute atomic E-state index is 12.0. The molecule has 5 nitrogen and oxygen atoms in total. The van der Waals surface area contributed by atoms with Crippen LogP contribution < -0.4 is 10.6 Å². The molecule has 18 heavy (non-hydrogen) atoms. The molecule has 0 saturated heterocycles. The van der Waals surface area contributed by atoms with Gasteiger partial charge in [0.1, 0.15) is 6.54 Å². The molecule has 1 aliphatic carbocycles. The van der Waals surface area contributed by atoms with E-state index >= 15 is 0 Å². The number of amides is 3. The van der Waals surface area contributed by atoms with E-state index in [0.29, 0.717) is 12.6 Å². The van der Waals surface area contributed by atoms with E-state index in [9.17, 15) is 9.59 Å². The van der Waals surface area contributed by atoms with Gasteiger partial charge in [-0.1, -0.05) is 18.2 Å². The van der Waals surface area contributed by atoms with Crippen molar-refractivity contribution in [2.75, 3.05) is 11.9 Å². The Morgan fingerprint density at radius 3 is 2.83 bits per heavy atom. The summed E-state index contributed by atoms with van der Waals surface area (Å²) in [6.45, 7) is 0.570. The van der Waals surface area contributed by atoms with Crippen LogP contribution in [0, 0.1) is 0 Å². The van der Waals surface area contributed by atoms with Crippen molar-refractivity contribution in [1.82, 2.24) is 10.2 Å². The highest BCUT2D eigenvalue weighted by molar-refractivity contribution is 5.96. The number of urea groups is 1. The Bertz CT molecular complexity index is 497. The molecule has 3 rings (SSSR count). The van der Waals surface area contributed by atoms with E-state index in [1.54, 1.807) is 4.90 Å². The summed E-state index contributed by atoms with van der Waals surface area (Å²) in [5.41, 5.74) is 1.76. The summed E-state index contributed by atoms with van der Waals surface area (Å²) in [4.78, 5) is 25.3. The molecule has 1 aromatic carbocycles. The number of anilines is 1. The molecule has 0 atom stereocenters. The third-order valence-corrected chi connectivity index (χ3v) is 3.18. The Kier molecular flexibility index (Phi) is 2.66. The van der Waals surface area contributed by atoms with Crippen molar-refractivity contribution in [1.29, 1.82) is 0 Å². The first-order valence-corrected chi connectivity index (χ1v) is 6.15. The average Bonchev–Trinajstić information content (AvgIpc) is 3.14.